The topological polar surface area (TPSA) is 37.4 Å². The summed E-state index contributed by atoms with van der Waals surface area (Å²) in [5.74, 6) is -1.10. The van der Waals surface area contributed by atoms with Gasteiger partial charge in [0.1, 0.15) is 5.82 Å². The van der Waals surface area contributed by atoms with Gasteiger partial charge >= 0.3 is 0 Å². The van der Waals surface area contributed by atoms with Crippen LogP contribution in [0.3, 0.4) is 0 Å². The Morgan fingerprint density at radius 3 is 2.81 bits per heavy atom. The van der Waals surface area contributed by atoms with Crippen molar-refractivity contribution in [1.29, 1.82) is 0 Å². The van der Waals surface area contributed by atoms with Crippen molar-refractivity contribution < 1.29 is 14.0 Å². The molecule has 2 rings (SSSR count). The molecule has 0 aromatic heterocycles. The highest BCUT2D eigenvalue weighted by molar-refractivity contribution is 6.64. The third kappa shape index (κ3) is 2.07. The lowest BCUT2D eigenvalue weighted by molar-refractivity contribution is -0.120. The van der Waals surface area contributed by atoms with Crippen LogP contribution in [-0.4, -0.2) is 17.7 Å². The number of benzene rings is 1. The summed E-state index contributed by atoms with van der Waals surface area (Å²) in [7, 11) is 0. The third-order valence-corrected chi connectivity index (χ3v) is 2.87. The molecule has 1 aromatic rings. The highest BCUT2D eigenvalue weighted by atomic mass is 35.5. The number of hydrogen-bond acceptors (Lipinski definition) is 2. The van der Waals surface area contributed by atoms with E-state index in [9.17, 15) is 14.0 Å². The largest absolute Gasteiger partial charge is 0.312 e. The zero-order chi connectivity index (χ0) is 11.7. The smallest absolute Gasteiger partial charge is 0.227 e. The Morgan fingerprint density at radius 1 is 1.50 bits per heavy atom. The first-order valence-electron chi connectivity index (χ1n) is 4.83. The normalized spacial score (nSPS) is 20.2. The van der Waals surface area contributed by atoms with Crippen LogP contribution in [0.4, 0.5) is 10.1 Å². The number of nitrogens with zero attached hydrogens (tertiary/aromatic N) is 1. The van der Waals surface area contributed by atoms with Gasteiger partial charge in [-0.05, 0) is 29.8 Å². The fraction of sp³-hybridized carbons (Fsp3) is 0.273. The van der Waals surface area contributed by atoms with E-state index >= 15 is 0 Å². The van der Waals surface area contributed by atoms with E-state index in [1.165, 1.54) is 23.1 Å². The molecule has 0 bridgehead atoms. The van der Waals surface area contributed by atoms with Crippen LogP contribution in [0.25, 0.3) is 0 Å². The predicted molar refractivity (Wildman–Crippen MR) is 57.7 cm³/mol. The van der Waals surface area contributed by atoms with Crippen molar-refractivity contribution in [2.75, 3.05) is 11.4 Å². The first-order chi connectivity index (χ1) is 7.58. The molecule has 16 heavy (non-hydrogen) atoms. The highest BCUT2D eigenvalue weighted by Gasteiger charge is 2.34. The Balaban J connectivity index is 2.23. The minimum absolute atomic E-state index is 0.0961. The summed E-state index contributed by atoms with van der Waals surface area (Å²) in [5.41, 5.74) is 0.463. The van der Waals surface area contributed by atoms with E-state index in [-0.39, 0.29) is 18.9 Å². The van der Waals surface area contributed by atoms with E-state index in [0.717, 1.165) is 0 Å². The molecule has 1 fully saturated rings. The number of rotatable bonds is 2. The number of anilines is 1. The van der Waals surface area contributed by atoms with Crippen LogP contribution in [-0.2, 0) is 9.59 Å². The van der Waals surface area contributed by atoms with Crippen LogP contribution in [0, 0.1) is 11.7 Å². The van der Waals surface area contributed by atoms with E-state index in [1.54, 1.807) is 6.07 Å². The monoisotopic (exact) mass is 241 g/mol. The molecule has 1 aromatic carbocycles. The van der Waals surface area contributed by atoms with Gasteiger partial charge in [0, 0.05) is 18.7 Å². The van der Waals surface area contributed by atoms with Crippen molar-refractivity contribution >= 4 is 28.4 Å². The molecule has 0 saturated carbocycles. The summed E-state index contributed by atoms with van der Waals surface area (Å²) in [6.07, 6.45) is 0.0961. The zero-order valence-corrected chi connectivity index (χ0v) is 9.08. The van der Waals surface area contributed by atoms with Crippen LogP contribution in [0.1, 0.15) is 6.42 Å². The molecule has 1 atom stereocenters. The van der Waals surface area contributed by atoms with Gasteiger partial charge in [0.2, 0.25) is 11.1 Å². The van der Waals surface area contributed by atoms with Crippen molar-refractivity contribution in [3.8, 4) is 0 Å². The lowest BCUT2D eigenvalue weighted by Crippen LogP contribution is -2.25. The van der Waals surface area contributed by atoms with Gasteiger partial charge in [-0.15, -0.1) is 0 Å². The highest BCUT2D eigenvalue weighted by Crippen LogP contribution is 2.26. The molecule has 1 aliphatic heterocycles. The average molecular weight is 242 g/mol. The van der Waals surface area contributed by atoms with E-state index in [0.29, 0.717) is 5.69 Å². The van der Waals surface area contributed by atoms with Crippen molar-refractivity contribution in [2.24, 2.45) is 5.92 Å². The molecule has 0 unspecified atom stereocenters. The van der Waals surface area contributed by atoms with Gasteiger partial charge < -0.3 is 4.90 Å². The van der Waals surface area contributed by atoms with Crippen LogP contribution in [0.15, 0.2) is 24.3 Å². The van der Waals surface area contributed by atoms with Gasteiger partial charge in [0.15, 0.2) is 0 Å². The second-order valence-electron chi connectivity index (χ2n) is 3.69. The summed E-state index contributed by atoms with van der Waals surface area (Å²) >= 11 is 5.34. The summed E-state index contributed by atoms with van der Waals surface area (Å²) < 4.78 is 13.0. The number of hydrogen-bond donors (Lipinski definition) is 0. The molecule has 0 radical (unpaired) electrons. The lowest BCUT2D eigenvalue weighted by atomic mass is 10.1. The minimum atomic E-state index is -0.521. The summed E-state index contributed by atoms with van der Waals surface area (Å²) in [6, 6.07) is 5.71. The number of halogens is 2. The Kier molecular flexibility index (Phi) is 2.92. The van der Waals surface area contributed by atoms with Gasteiger partial charge in [-0.25, -0.2) is 4.39 Å². The molecule has 1 amide bonds. The standard InChI is InChI=1S/C11H9ClFNO2/c12-11(16)7-4-10(15)14(6-7)9-3-1-2-8(13)5-9/h1-3,5,7H,4,6H2/t7-/m0/s1. The van der Waals surface area contributed by atoms with Crippen molar-refractivity contribution in [2.45, 2.75) is 6.42 Å². The lowest BCUT2D eigenvalue weighted by Gasteiger charge is -2.15. The van der Waals surface area contributed by atoms with E-state index in [2.05, 4.69) is 0 Å². The predicted octanol–water partition coefficient (Wildman–Crippen LogP) is 1.94. The van der Waals surface area contributed by atoms with Gasteiger partial charge in [-0.3, -0.25) is 9.59 Å². The molecular weight excluding hydrogens is 233 g/mol. The quantitative estimate of drug-likeness (QED) is 0.742. The Labute approximate surface area is 96.8 Å². The molecule has 3 nitrogen and oxygen atoms in total. The Bertz CT molecular complexity index is 449. The molecule has 0 spiro atoms. The molecule has 0 N–H and O–H groups in total. The summed E-state index contributed by atoms with van der Waals surface area (Å²) in [6.45, 7) is 0.227. The van der Waals surface area contributed by atoms with E-state index in [1.807, 2.05) is 0 Å². The average Bonchev–Trinajstić information content (AvgIpc) is 2.60. The first kappa shape index (κ1) is 11.1. The van der Waals surface area contributed by atoms with Gasteiger partial charge in [-0.1, -0.05) is 6.07 Å². The fourth-order valence-electron chi connectivity index (χ4n) is 1.75. The maximum absolute atomic E-state index is 13.0. The molecule has 0 aliphatic carbocycles. The van der Waals surface area contributed by atoms with Crippen LogP contribution < -0.4 is 4.90 Å². The summed E-state index contributed by atoms with van der Waals surface area (Å²) in [4.78, 5) is 23.9. The second kappa shape index (κ2) is 4.22. The minimum Gasteiger partial charge on any atom is -0.312 e. The molecule has 84 valence electrons. The van der Waals surface area contributed by atoms with Crippen LogP contribution in [0.5, 0.6) is 0 Å². The maximum Gasteiger partial charge on any atom is 0.227 e. The van der Waals surface area contributed by atoms with Crippen LogP contribution >= 0.6 is 11.6 Å². The van der Waals surface area contributed by atoms with Gasteiger partial charge in [0.25, 0.3) is 0 Å². The van der Waals surface area contributed by atoms with Crippen molar-refractivity contribution in [3.63, 3.8) is 0 Å². The SMILES string of the molecule is O=C(Cl)[C@H]1CC(=O)N(c2cccc(F)c2)C1. The molecule has 5 heteroatoms. The molecule has 1 aliphatic rings. The number of amides is 1. The zero-order valence-electron chi connectivity index (χ0n) is 8.32. The van der Waals surface area contributed by atoms with E-state index in [4.69, 9.17) is 11.6 Å². The first-order valence-corrected chi connectivity index (χ1v) is 5.21. The Morgan fingerprint density at radius 2 is 2.25 bits per heavy atom. The molecule has 1 heterocycles. The van der Waals surface area contributed by atoms with Gasteiger partial charge in [-0.2, -0.15) is 0 Å². The maximum atomic E-state index is 13.0. The molecular formula is C11H9ClFNO2. The van der Waals surface area contributed by atoms with Gasteiger partial charge in [0.05, 0.1) is 5.92 Å². The van der Waals surface area contributed by atoms with Crippen molar-refractivity contribution in [1.82, 2.24) is 0 Å². The van der Waals surface area contributed by atoms with Crippen LogP contribution in [0.2, 0.25) is 0 Å². The number of carbonyl (C=O) groups is 2. The summed E-state index contributed by atoms with van der Waals surface area (Å²) in [5, 5.41) is -0.521. The second-order valence-corrected chi connectivity index (χ2v) is 4.06. The van der Waals surface area contributed by atoms with E-state index < -0.39 is 17.0 Å². The third-order valence-electron chi connectivity index (χ3n) is 2.57. The van der Waals surface area contributed by atoms with Crippen molar-refractivity contribution in [3.05, 3.63) is 30.1 Å². The number of carbonyl (C=O) groups excluding carboxylic acids is 2. The fourth-order valence-corrected chi connectivity index (χ4v) is 1.90. The molecule has 1 saturated heterocycles. The Hall–Kier alpha value is -1.42.